The highest BCUT2D eigenvalue weighted by Crippen LogP contribution is 2.33. The van der Waals surface area contributed by atoms with E-state index in [2.05, 4.69) is 13.2 Å². The Labute approximate surface area is 351 Å². The Morgan fingerprint density at radius 1 is 0.533 bits per heavy atom. The SMILES string of the molecule is C=CC.C=CC(=O)OCCCCCCOc1ccc2cc(C(=O)Oc3ccc(OC(=O)c4ccc5cc(OCCCCCCOC=O)ccc5c4)c(OCC)c3)ccc2c1. The zero-order valence-corrected chi connectivity index (χ0v) is 34.5. The molecule has 0 spiro atoms. The predicted molar refractivity (Wildman–Crippen MR) is 232 cm³/mol. The van der Waals surface area contributed by atoms with Crippen LogP contribution in [-0.4, -0.2) is 57.4 Å². The third-order valence-corrected chi connectivity index (χ3v) is 8.93. The summed E-state index contributed by atoms with van der Waals surface area (Å²) in [6.07, 6.45) is 10.2. The lowest BCUT2D eigenvalue weighted by Gasteiger charge is -2.13. The van der Waals surface area contributed by atoms with Gasteiger partial charge in [-0.15, -0.1) is 6.58 Å². The minimum absolute atomic E-state index is 0.192. The highest BCUT2D eigenvalue weighted by molar-refractivity contribution is 5.98. The summed E-state index contributed by atoms with van der Waals surface area (Å²) in [6, 6.07) is 26.6. The van der Waals surface area contributed by atoms with Gasteiger partial charge in [0.2, 0.25) is 0 Å². The first-order valence-electron chi connectivity index (χ1n) is 20.2. The normalized spacial score (nSPS) is 10.4. The van der Waals surface area contributed by atoms with Crippen molar-refractivity contribution in [3.05, 3.63) is 127 Å². The number of carbonyl (C=O) groups is 4. The summed E-state index contributed by atoms with van der Waals surface area (Å²) < 4.78 is 38.7. The summed E-state index contributed by atoms with van der Waals surface area (Å²) in [7, 11) is 0. The molecular formula is C49H54O11. The van der Waals surface area contributed by atoms with E-state index in [0.717, 1.165) is 90.5 Å². The van der Waals surface area contributed by atoms with Gasteiger partial charge in [-0.25, -0.2) is 14.4 Å². The summed E-state index contributed by atoms with van der Waals surface area (Å²) in [6.45, 7) is 13.2. The first kappa shape index (κ1) is 46.1. The molecule has 0 aliphatic carbocycles. The lowest BCUT2D eigenvalue weighted by molar-refractivity contribution is -0.137. The Bertz CT molecular complexity index is 2190. The number of fused-ring (bicyclic) bond motifs is 2. The van der Waals surface area contributed by atoms with Crippen LogP contribution in [0.3, 0.4) is 0 Å². The Morgan fingerprint density at radius 2 is 1.02 bits per heavy atom. The van der Waals surface area contributed by atoms with Gasteiger partial charge in [0.1, 0.15) is 17.2 Å². The van der Waals surface area contributed by atoms with Gasteiger partial charge in [0, 0.05) is 12.1 Å². The highest BCUT2D eigenvalue weighted by Gasteiger charge is 2.17. The molecular weight excluding hydrogens is 765 g/mol. The number of benzene rings is 5. The number of allylic oxidation sites excluding steroid dienone is 1. The third kappa shape index (κ3) is 15.3. The van der Waals surface area contributed by atoms with Crippen LogP contribution < -0.4 is 23.7 Å². The van der Waals surface area contributed by atoms with E-state index in [4.69, 9.17) is 33.2 Å². The first-order valence-corrected chi connectivity index (χ1v) is 20.2. The molecule has 0 aliphatic heterocycles. The smallest absolute Gasteiger partial charge is 0.343 e. The summed E-state index contributed by atoms with van der Waals surface area (Å²) in [5.41, 5.74) is 0.730. The Hall–Kier alpha value is -6.62. The second-order valence-electron chi connectivity index (χ2n) is 13.5. The fraction of sp³-hybridized carbons (Fsp3) is 0.306. The molecule has 0 saturated heterocycles. The molecule has 5 rings (SSSR count). The number of hydrogen-bond donors (Lipinski definition) is 0. The second kappa shape index (κ2) is 25.7. The maximum atomic E-state index is 13.2. The Morgan fingerprint density at radius 3 is 1.55 bits per heavy atom. The van der Waals surface area contributed by atoms with Crippen LogP contribution in [0.5, 0.6) is 28.7 Å². The standard InChI is InChI=1S/C46H48O11.C3H6/c1-3-44(48)55-26-12-8-7-11-25-54-39-19-17-33-27-37(15-13-35(33)29-39)45(49)56-41-21-22-42(43(31-41)52-4-2)57-46(50)38-16-14-36-30-40(20-18-34(36)28-38)53-24-10-6-5-9-23-51-32-47;1-3-2/h3,13-22,27-32H,1,4-12,23-26H2,2H3;3H,1H2,2H3. The van der Waals surface area contributed by atoms with E-state index in [1.165, 1.54) is 12.1 Å². The molecule has 0 aliphatic rings. The molecule has 316 valence electrons. The van der Waals surface area contributed by atoms with Crippen molar-refractivity contribution in [2.45, 2.75) is 65.2 Å². The van der Waals surface area contributed by atoms with E-state index < -0.39 is 17.9 Å². The van der Waals surface area contributed by atoms with E-state index in [-0.39, 0.29) is 17.2 Å². The summed E-state index contributed by atoms with van der Waals surface area (Å²) >= 11 is 0. The lowest BCUT2D eigenvalue weighted by atomic mass is 10.1. The van der Waals surface area contributed by atoms with Crippen molar-refractivity contribution in [1.82, 2.24) is 0 Å². The number of ether oxygens (including phenoxy) is 7. The highest BCUT2D eigenvalue weighted by atomic mass is 16.6. The molecule has 0 bridgehead atoms. The van der Waals surface area contributed by atoms with E-state index >= 15 is 0 Å². The van der Waals surface area contributed by atoms with Gasteiger partial charge in [-0.3, -0.25) is 4.79 Å². The van der Waals surface area contributed by atoms with Gasteiger partial charge in [-0.1, -0.05) is 36.9 Å². The second-order valence-corrected chi connectivity index (χ2v) is 13.5. The van der Waals surface area contributed by atoms with E-state index in [1.807, 2.05) is 55.5 Å². The molecule has 0 radical (unpaired) electrons. The number of esters is 3. The molecule has 0 heterocycles. The average molecular weight is 819 g/mol. The molecule has 11 heteroatoms. The van der Waals surface area contributed by atoms with Crippen molar-refractivity contribution in [3.8, 4) is 28.7 Å². The van der Waals surface area contributed by atoms with E-state index in [0.29, 0.717) is 50.6 Å². The summed E-state index contributed by atoms with van der Waals surface area (Å²) in [5.74, 6) is 0.651. The van der Waals surface area contributed by atoms with Gasteiger partial charge in [0.05, 0.1) is 44.2 Å². The molecule has 5 aromatic carbocycles. The lowest BCUT2D eigenvalue weighted by Crippen LogP contribution is -2.11. The fourth-order valence-corrected chi connectivity index (χ4v) is 5.97. The average Bonchev–Trinajstić information content (AvgIpc) is 3.26. The van der Waals surface area contributed by atoms with Crippen molar-refractivity contribution in [1.29, 1.82) is 0 Å². The molecule has 0 atom stereocenters. The van der Waals surface area contributed by atoms with Crippen LogP contribution in [0.4, 0.5) is 0 Å². The van der Waals surface area contributed by atoms with Gasteiger partial charge < -0.3 is 33.2 Å². The molecule has 60 heavy (non-hydrogen) atoms. The molecule has 5 aromatic rings. The van der Waals surface area contributed by atoms with Crippen molar-refractivity contribution in [2.24, 2.45) is 0 Å². The predicted octanol–water partition coefficient (Wildman–Crippen LogP) is 10.8. The quantitative estimate of drug-likeness (QED) is 0.0147. The van der Waals surface area contributed by atoms with Crippen molar-refractivity contribution in [2.75, 3.05) is 33.0 Å². The molecule has 0 unspecified atom stereocenters. The number of rotatable bonds is 24. The van der Waals surface area contributed by atoms with Crippen LogP contribution in [0.1, 0.15) is 85.9 Å². The third-order valence-electron chi connectivity index (χ3n) is 8.93. The zero-order valence-electron chi connectivity index (χ0n) is 34.5. The van der Waals surface area contributed by atoms with Crippen LogP contribution in [0, 0.1) is 0 Å². The molecule has 0 amide bonds. The maximum absolute atomic E-state index is 13.2. The van der Waals surface area contributed by atoms with E-state index in [9.17, 15) is 19.2 Å². The monoisotopic (exact) mass is 818 g/mol. The van der Waals surface area contributed by atoms with Gasteiger partial charge in [-0.05, 0) is 147 Å². The van der Waals surface area contributed by atoms with Gasteiger partial charge in [-0.2, -0.15) is 0 Å². The van der Waals surface area contributed by atoms with Crippen molar-refractivity contribution in [3.63, 3.8) is 0 Å². The van der Waals surface area contributed by atoms with Crippen LogP contribution in [0.2, 0.25) is 0 Å². The largest absolute Gasteiger partial charge is 0.494 e. The molecule has 0 saturated carbocycles. The first-order chi connectivity index (χ1) is 29.3. The van der Waals surface area contributed by atoms with Crippen LogP contribution >= 0.6 is 0 Å². The molecule has 0 fully saturated rings. The number of unbranched alkanes of at least 4 members (excludes halogenated alkanes) is 6. The Balaban J connectivity index is 0.00000257. The van der Waals surface area contributed by atoms with Crippen molar-refractivity contribution >= 4 is 45.9 Å². The van der Waals surface area contributed by atoms with Gasteiger partial charge in [0.25, 0.3) is 6.47 Å². The molecule has 0 N–H and O–H groups in total. The number of hydrogen-bond acceptors (Lipinski definition) is 11. The van der Waals surface area contributed by atoms with Crippen LogP contribution in [-0.2, 0) is 19.1 Å². The molecule has 11 nitrogen and oxygen atoms in total. The van der Waals surface area contributed by atoms with Gasteiger partial charge in [0.15, 0.2) is 11.5 Å². The van der Waals surface area contributed by atoms with Crippen LogP contribution in [0.25, 0.3) is 21.5 Å². The number of carbonyl (C=O) groups excluding carboxylic acids is 4. The van der Waals surface area contributed by atoms with Crippen molar-refractivity contribution < 1.29 is 52.3 Å². The topological polar surface area (TPSA) is 133 Å². The van der Waals surface area contributed by atoms with Crippen LogP contribution in [0.15, 0.2) is 116 Å². The minimum Gasteiger partial charge on any atom is -0.494 e. The fourth-order valence-electron chi connectivity index (χ4n) is 5.97. The van der Waals surface area contributed by atoms with Gasteiger partial charge >= 0.3 is 17.9 Å². The summed E-state index contributed by atoms with van der Waals surface area (Å²) in [4.78, 5) is 47.7. The van der Waals surface area contributed by atoms with E-state index in [1.54, 1.807) is 43.3 Å². The molecule has 0 aromatic heterocycles. The zero-order chi connectivity index (χ0) is 43.0. The maximum Gasteiger partial charge on any atom is 0.343 e. The minimum atomic E-state index is -0.563. The summed E-state index contributed by atoms with van der Waals surface area (Å²) in [5, 5.41) is 3.55. The Kier molecular flexibility index (Phi) is 19.7.